The standard InChI is InChI=1S/C17H23Cl2N3O4/c1-4-8-26-15-10(6-7-22(17(24)25)11(15)5-2)21-16(23)14-13(19)12(18)9(3)20-14/h4,10-11,15,20H,1,5-8H2,2-3H3,(H,21,23)(H,24,25)/t10-,11?,15+/m1/s1. The minimum Gasteiger partial charge on any atom is -0.465 e. The van der Waals surface area contributed by atoms with Crippen molar-refractivity contribution in [2.75, 3.05) is 13.2 Å². The van der Waals surface area contributed by atoms with Crippen LogP contribution in [0.3, 0.4) is 0 Å². The van der Waals surface area contributed by atoms with Gasteiger partial charge in [-0.05, 0) is 19.8 Å². The zero-order valence-electron chi connectivity index (χ0n) is 14.7. The summed E-state index contributed by atoms with van der Waals surface area (Å²) in [5.74, 6) is -0.402. The number of carboxylic acid groups (broad SMARTS) is 1. The van der Waals surface area contributed by atoms with Gasteiger partial charge in [-0.1, -0.05) is 36.2 Å². The van der Waals surface area contributed by atoms with E-state index in [9.17, 15) is 14.7 Å². The van der Waals surface area contributed by atoms with Crippen molar-refractivity contribution in [3.8, 4) is 0 Å². The van der Waals surface area contributed by atoms with Crippen molar-refractivity contribution < 1.29 is 19.4 Å². The number of aromatic nitrogens is 1. The number of hydrogen-bond donors (Lipinski definition) is 3. The Morgan fingerprint density at radius 2 is 2.15 bits per heavy atom. The van der Waals surface area contributed by atoms with Crippen LogP contribution in [-0.2, 0) is 4.74 Å². The molecule has 1 aliphatic rings. The van der Waals surface area contributed by atoms with E-state index in [0.717, 1.165) is 0 Å². The fraction of sp³-hybridized carbons (Fsp3) is 0.529. The fourth-order valence-corrected chi connectivity index (χ4v) is 3.69. The van der Waals surface area contributed by atoms with E-state index in [4.69, 9.17) is 27.9 Å². The molecule has 1 aromatic rings. The number of likely N-dealkylation sites (tertiary alicyclic amines) is 1. The molecule has 2 amide bonds. The molecule has 0 saturated carbocycles. The second-order valence-electron chi connectivity index (χ2n) is 6.16. The number of H-pyrrole nitrogens is 1. The molecule has 1 unspecified atom stereocenters. The highest BCUT2D eigenvalue weighted by atomic mass is 35.5. The summed E-state index contributed by atoms with van der Waals surface area (Å²) in [4.78, 5) is 28.4. The average Bonchev–Trinajstić information content (AvgIpc) is 2.87. The van der Waals surface area contributed by atoms with Crippen molar-refractivity contribution in [3.63, 3.8) is 0 Å². The van der Waals surface area contributed by atoms with Gasteiger partial charge in [0.15, 0.2) is 0 Å². The number of ether oxygens (including phenoxy) is 1. The lowest BCUT2D eigenvalue weighted by Crippen LogP contribution is -2.61. The molecular weight excluding hydrogens is 381 g/mol. The molecule has 0 bridgehead atoms. The third kappa shape index (κ3) is 4.16. The quantitative estimate of drug-likeness (QED) is 0.633. The maximum absolute atomic E-state index is 12.6. The Balaban J connectivity index is 2.22. The van der Waals surface area contributed by atoms with E-state index in [0.29, 0.717) is 30.1 Å². The first kappa shape index (κ1) is 20.6. The first-order chi connectivity index (χ1) is 12.3. The van der Waals surface area contributed by atoms with Gasteiger partial charge in [-0.15, -0.1) is 6.58 Å². The van der Waals surface area contributed by atoms with Crippen LogP contribution in [-0.4, -0.2) is 58.3 Å². The van der Waals surface area contributed by atoms with E-state index >= 15 is 0 Å². The van der Waals surface area contributed by atoms with Crippen molar-refractivity contribution in [1.29, 1.82) is 0 Å². The zero-order chi connectivity index (χ0) is 19.4. The Morgan fingerprint density at radius 3 is 2.65 bits per heavy atom. The fourth-order valence-electron chi connectivity index (χ4n) is 3.27. The minimum absolute atomic E-state index is 0.167. The number of halogens is 2. The molecule has 3 N–H and O–H groups in total. The van der Waals surface area contributed by atoms with E-state index in [1.54, 1.807) is 13.0 Å². The number of aromatic amines is 1. The number of carbonyl (C=O) groups is 2. The summed E-state index contributed by atoms with van der Waals surface area (Å²) in [6.07, 6.45) is 1.10. The van der Waals surface area contributed by atoms with Crippen LogP contribution in [0.15, 0.2) is 12.7 Å². The summed E-state index contributed by atoms with van der Waals surface area (Å²) >= 11 is 12.1. The number of piperidine rings is 1. The molecule has 0 radical (unpaired) electrons. The molecule has 0 spiro atoms. The molecule has 3 atom stereocenters. The Morgan fingerprint density at radius 1 is 1.46 bits per heavy atom. The number of nitrogens with zero attached hydrogens (tertiary/aromatic N) is 1. The van der Waals surface area contributed by atoms with Gasteiger partial charge in [0.2, 0.25) is 0 Å². The van der Waals surface area contributed by atoms with Crippen LogP contribution in [0, 0.1) is 6.92 Å². The van der Waals surface area contributed by atoms with Gasteiger partial charge < -0.3 is 25.0 Å². The predicted molar refractivity (Wildman–Crippen MR) is 100 cm³/mol. The van der Waals surface area contributed by atoms with Gasteiger partial charge in [-0.25, -0.2) is 4.79 Å². The maximum Gasteiger partial charge on any atom is 0.407 e. The molecule has 144 valence electrons. The predicted octanol–water partition coefficient (Wildman–Crippen LogP) is 3.46. The van der Waals surface area contributed by atoms with Crippen molar-refractivity contribution in [2.24, 2.45) is 0 Å². The minimum atomic E-state index is -0.997. The molecule has 2 heterocycles. The molecule has 1 saturated heterocycles. The van der Waals surface area contributed by atoms with Crippen LogP contribution in [0.2, 0.25) is 10.0 Å². The summed E-state index contributed by atoms with van der Waals surface area (Å²) < 4.78 is 5.82. The van der Waals surface area contributed by atoms with E-state index in [-0.39, 0.29) is 29.4 Å². The number of amides is 2. The second-order valence-corrected chi connectivity index (χ2v) is 6.92. The number of nitrogens with one attached hydrogen (secondary N) is 2. The Hall–Kier alpha value is -1.70. The van der Waals surface area contributed by atoms with Gasteiger partial charge in [-0.3, -0.25) is 4.79 Å². The van der Waals surface area contributed by atoms with E-state index in [2.05, 4.69) is 16.9 Å². The Bertz CT molecular complexity index is 692. The van der Waals surface area contributed by atoms with Gasteiger partial charge in [0.1, 0.15) is 5.69 Å². The third-order valence-electron chi connectivity index (χ3n) is 4.53. The molecule has 1 fully saturated rings. The molecule has 9 heteroatoms. The van der Waals surface area contributed by atoms with E-state index in [1.165, 1.54) is 4.90 Å². The number of aryl methyl sites for hydroxylation is 1. The smallest absolute Gasteiger partial charge is 0.407 e. The van der Waals surface area contributed by atoms with Crippen LogP contribution >= 0.6 is 23.2 Å². The highest BCUT2D eigenvalue weighted by Gasteiger charge is 2.41. The van der Waals surface area contributed by atoms with Crippen molar-refractivity contribution in [2.45, 2.75) is 44.9 Å². The van der Waals surface area contributed by atoms with Crippen LogP contribution in [0.5, 0.6) is 0 Å². The molecule has 7 nitrogen and oxygen atoms in total. The zero-order valence-corrected chi connectivity index (χ0v) is 16.2. The maximum atomic E-state index is 12.6. The molecule has 1 aromatic heterocycles. The van der Waals surface area contributed by atoms with Crippen LogP contribution < -0.4 is 5.32 Å². The average molecular weight is 404 g/mol. The molecule has 0 aromatic carbocycles. The summed E-state index contributed by atoms with van der Waals surface area (Å²) in [6, 6.07) is -0.725. The number of rotatable bonds is 6. The molecular formula is C17H23Cl2N3O4. The summed E-state index contributed by atoms with van der Waals surface area (Å²) in [6.45, 7) is 7.81. The first-order valence-electron chi connectivity index (χ1n) is 8.38. The Kier molecular flexibility index (Phi) is 6.97. The third-order valence-corrected chi connectivity index (χ3v) is 5.47. The summed E-state index contributed by atoms with van der Waals surface area (Å²) in [5.41, 5.74) is 0.791. The van der Waals surface area contributed by atoms with Crippen LogP contribution in [0.4, 0.5) is 4.79 Å². The molecule has 1 aliphatic heterocycles. The Labute approximate surface area is 162 Å². The lowest BCUT2D eigenvalue weighted by Gasteiger charge is -2.43. The van der Waals surface area contributed by atoms with Gasteiger partial charge >= 0.3 is 6.09 Å². The van der Waals surface area contributed by atoms with Gasteiger partial charge in [-0.2, -0.15) is 0 Å². The molecule has 26 heavy (non-hydrogen) atoms. The topological polar surface area (TPSA) is 94.7 Å². The van der Waals surface area contributed by atoms with Crippen LogP contribution in [0.25, 0.3) is 0 Å². The number of carbonyl (C=O) groups excluding carboxylic acids is 1. The van der Waals surface area contributed by atoms with Crippen molar-refractivity contribution in [3.05, 3.63) is 34.1 Å². The molecule has 2 rings (SSSR count). The largest absolute Gasteiger partial charge is 0.465 e. The lowest BCUT2D eigenvalue weighted by molar-refractivity contribution is -0.0444. The van der Waals surface area contributed by atoms with Crippen molar-refractivity contribution >= 4 is 35.2 Å². The monoisotopic (exact) mass is 403 g/mol. The van der Waals surface area contributed by atoms with Crippen LogP contribution in [0.1, 0.15) is 35.9 Å². The van der Waals surface area contributed by atoms with Gasteiger partial charge in [0.25, 0.3) is 5.91 Å². The summed E-state index contributed by atoms with van der Waals surface area (Å²) in [7, 11) is 0. The second kappa shape index (κ2) is 8.79. The SMILES string of the molecule is C=CCO[C@@H]1C(CC)N(C(=O)O)CC[C@H]1NC(=O)c1[nH]c(C)c(Cl)c1Cl. The highest BCUT2D eigenvalue weighted by molar-refractivity contribution is 6.44. The van der Waals surface area contributed by atoms with Gasteiger partial charge in [0.05, 0.1) is 34.8 Å². The number of hydrogen-bond acceptors (Lipinski definition) is 3. The highest BCUT2D eigenvalue weighted by Crippen LogP contribution is 2.30. The normalized spacial score (nSPS) is 22.9. The van der Waals surface area contributed by atoms with E-state index < -0.39 is 18.1 Å². The lowest BCUT2D eigenvalue weighted by atomic mass is 9.92. The van der Waals surface area contributed by atoms with Crippen molar-refractivity contribution in [1.82, 2.24) is 15.2 Å². The van der Waals surface area contributed by atoms with E-state index in [1.807, 2.05) is 6.92 Å². The van der Waals surface area contributed by atoms with Gasteiger partial charge in [0, 0.05) is 12.2 Å². The molecule has 0 aliphatic carbocycles. The summed E-state index contributed by atoms with van der Waals surface area (Å²) in [5, 5.41) is 12.8. The first-order valence-corrected chi connectivity index (χ1v) is 9.13.